The normalized spacial score (nSPS) is 17.7. The molecule has 0 atom stereocenters. The first-order chi connectivity index (χ1) is 17.0. The average molecular weight is 505 g/mol. The molecule has 1 saturated carbocycles. The Hall–Kier alpha value is -2.58. The number of carbonyl (C=O) groups is 1. The number of benzene rings is 2. The number of piperazine rings is 1. The van der Waals surface area contributed by atoms with Gasteiger partial charge in [-0.3, -0.25) is 9.80 Å². The summed E-state index contributed by atoms with van der Waals surface area (Å²) in [6, 6.07) is 11.7. The van der Waals surface area contributed by atoms with Gasteiger partial charge in [-0.25, -0.2) is 4.79 Å². The molecule has 4 rings (SSSR count). The summed E-state index contributed by atoms with van der Waals surface area (Å²) in [6.07, 6.45) is -2.05. The van der Waals surface area contributed by atoms with Crippen molar-refractivity contribution >= 4 is 5.97 Å². The van der Waals surface area contributed by atoms with E-state index in [0.717, 1.165) is 74.6 Å². The van der Waals surface area contributed by atoms with Gasteiger partial charge in [0.05, 0.1) is 12.2 Å². The number of hydrogen-bond acceptors (Lipinski definition) is 5. The molecule has 0 spiro atoms. The summed E-state index contributed by atoms with van der Waals surface area (Å²) in [5, 5.41) is 0. The van der Waals surface area contributed by atoms with Crippen molar-refractivity contribution in [3.8, 4) is 5.75 Å². The Labute approximate surface area is 211 Å². The van der Waals surface area contributed by atoms with Gasteiger partial charge in [0.2, 0.25) is 0 Å². The number of hydrogen-bond donors (Lipinski definition) is 0. The number of alkyl halides is 3. The number of nitrogens with zero attached hydrogens (tertiary/aromatic N) is 2. The van der Waals surface area contributed by atoms with E-state index in [-0.39, 0.29) is 5.97 Å². The molecule has 1 saturated heterocycles. The molecule has 2 aromatic rings. The van der Waals surface area contributed by atoms with Crippen LogP contribution in [0.3, 0.4) is 0 Å². The Morgan fingerprint density at radius 1 is 0.917 bits per heavy atom. The van der Waals surface area contributed by atoms with Crippen LogP contribution in [0.15, 0.2) is 42.5 Å². The maximum Gasteiger partial charge on any atom is 0.416 e. The van der Waals surface area contributed by atoms with Crippen LogP contribution in [0, 0.1) is 0 Å². The van der Waals surface area contributed by atoms with Crippen molar-refractivity contribution in [1.82, 2.24) is 9.80 Å². The second-order valence-electron chi connectivity index (χ2n) is 10.2. The first-order valence-corrected chi connectivity index (χ1v) is 12.6. The van der Waals surface area contributed by atoms with Crippen LogP contribution in [-0.2, 0) is 28.8 Å². The van der Waals surface area contributed by atoms with Crippen molar-refractivity contribution in [2.45, 2.75) is 64.4 Å². The largest absolute Gasteiger partial charge is 0.476 e. The fourth-order valence-corrected chi connectivity index (χ4v) is 4.55. The zero-order chi connectivity index (χ0) is 25.9. The van der Waals surface area contributed by atoms with Crippen LogP contribution in [0.2, 0.25) is 0 Å². The Bertz CT molecular complexity index is 1040. The highest BCUT2D eigenvalue weighted by molar-refractivity contribution is 5.79. The van der Waals surface area contributed by atoms with E-state index >= 15 is 0 Å². The van der Waals surface area contributed by atoms with Gasteiger partial charge in [0, 0.05) is 39.3 Å². The van der Waals surface area contributed by atoms with Gasteiger partial charge < -0.3 is 9.47 Å². The number of halogens is 3. The molecular formula is C28H35F3N2O3. The Morgan fingerprint density at radius 2 is 1.47 bits per heavy atom. The second-order valence-corrected chi connectivity index (χ2v) is 10.2. The molecule has 196 valence electrons. The third-order valence-corrected chi connectivity index (χ3v) is 6.78. The molecule has 0 aromatic heterocycles. The molecule has 0 amide bonds. The second kappa shape index (κ2) is 10.8. The monoisotopic (exact) mass is 504 g/mol. The molecule has 1 aliphatic carbocycles. The average Bonchev–Trinajstić information content (AvgIpc) is 3.66. The maximum absolute atomic E-state index is 12.8. The fraction of sp³-hybridized carbons (Fsp3) is 0.536. The van der Waals surface area contributed by atoms with E-state index in [9.17, 15) is 18.0 Å². The van der Waals surface area contributed by atoms with E-state index < -0.39 is 17.3 Å². The van der Waals surface area contributed by atoms with Crippen molar-refractivity contribution in [3.63, 3.8) is 0 Å². The molecule has 0 N–H and O–H groups in total. The van der Waals surface area contributed by atoms with E-state index in [2.05, 4.69) is 21.9 Å². The zero-order valence-electron chi connectivity index (χ0n) is 21.2. The molecule has 0 bridgehead atoms. The first-order valence-electron chi connectivity index (χ1n) is 12.6. The standard InChI is InChI=1S/C28H35F3N2O3/c1-4-35-26(34)27(2,3)36-25-12-7-21(17-24(25)22-8-9-22)19-33-15-13-32(14-16-33)18-20-5-10-23(11-6-20)28(29,30)31/h5-7,10-12,17,22H,4,8-9,13-16,18-19H2,1-3H3. The van der Waals surface area contributed by atoms with Gasteiger partial charge in [-0.05, 0) is 74.4 Å². The van der Waals surface area contributed by atoms with Crippen LogP contribution < -0.4 is 4.74 Å². The van der Waals surface area contributed by atoms with E-state index in [1.165, 1.54) is 5.56 Å². The Kier molecular flexibility index (Phi) is 7.95. The van der Waals surface area contributed by atoms with E-state index in [0.29, 0.717) is 19.1 Å². The Balaban J connectivity index is 1.32. The van der Waals surface area contributed by atoms with Crippen LogP contribution in [0.5, 0.6) is 5.75 Å². The van der Waals surface area contributed by atoms with E-state index in [1.54, 1.807) is 32.9 Å². The van der Waals surface area contributed by atoms with E-state index in [1.807, 2.05) is 6.07 Å². The third-order valence-electron chi connectivity index (χ3n) is 6.78. The Morgan fingerprint density at radius 3 is 2.00 bits per heavy atom. The molecule has 5 nitrogen and oxygen atoms in total. The minimum absolute atomic E-state index is 0.317. The van der Waals surface area contributed by atoms with Crippen molar-refractivity contribution in [3.05, 3.63) is 64.7 Å². The molecule has 0 unspecified atom stereocenters. The summed E-state index contributed by atoms with van der Waals surface area (Å²) in [6.45, 7) is 10.6. The van der Waals surface area contributed by atoms with Gasteiger partial charge in [0.1, 0.15) is 5.75 Å². The lowest BCUT2D eigenvalue weighted by Gasteiger charge is -2.35. The van der Waals surface area contributed by atoms with Crippen LogP contribution in [0.4, 0.5) is 13.2 Å². The molecule has 2 fully saturated rings. The highest BCUT2D eigenvalue weighted by Gasteiger charge is 2.35. The number of carbonyl (C=O) groups excluding carboxylic acids is 1. The molecule has 8 heteroatoms. The van der Waals surface area contributed by atoms with Crippen molar-refractivity contribution in [2.75, 3.05) is 32.8 Å². The SMILES string of the molecule is CCOC(=O)C(C)(C)Oc1ccc(CN2CCN(Cc3ccc(C(F)(F)F)cc3)CC2)cc1C1CC1. The molecular weight excluding hydrogens is 469 g/mol. The lowest BCUT2D eigenvalue weighted by molar-refractivity contribution is -0.158. The topological polar surface area (TPSA) is 42.0 Å². The van der Waals surface area contributed by atoms with Gasteiger partial charge >= 0.3 is 12.1 Å². The summed E-state index contributed by atoms with van der Waals surface area (Å²) in [5.74, 6) is 0.851. The van der Waals surface area contributed by atoms with Crippen molar-refractivity contribution < 1.29 is 27.4 Å². The third kappa shape index (κ3) is 6.79. The summed E-state index contributed by atoms with van der Waals surface area (Å²) < 4.78 is 49.7. The van der Waals surface area contributed by atoms with Crippen molar-refractivity contribution in [1.29, 1.82) is 0 Å². The summed E-state index contributed by atoms with van der Waals surface area (Å²) in [4.78, 5) is 17.0. The quantitative estimate of drug-likeness (QED) is 0.415. The predicted octanol–water partition coefficient (Wildman–Crippen LogP) is 5.62. The highest BCUT2D eigenvalue weighted by Crippen LogP contribution is 2.45. The van der Waals surface area contributed by atoms with Gasteiger partial charge in [-0.1, -0.05) is 24.3 Å². The van der Waals surface area contributed by atoms with Crippen molar-refractivity contribution in [2.24, 2.45) is 0 Å². The van der Waals surface area contributed by atoms with Crippen LogP contribution in [0.25, 0.3) is 0 Å². The minimum atomic E-state index is -4.30. The summed E-state index contributed by atoms with van der Waals surface area (Å²) >= 11 is 0. The number of esters is 1. The fourth-order valence-electron chi connectivity index (χ4n) is 4.55. The highest BCUT2D eigenvalue weighted by atomic mass is 19.4. The van der Waals surface area contributed by atoms with Gasteiger partial charge in [-0.2, -0.15) is 13.2 Å². The van der Waals surface area contributed by atoms with Crippen LogP contribution in [-0.4, -0.2) is 54.2 Å². The molecule has 2 aromatic carbocycles. The van der Waals surface area contributed by atoms with E-state index in [4.69, 9.17) is 9.47 Å². The van der Waals surface area contributed by atoms with Gasteiger partial charge in [0.25, 0.3) is 0 Å². The smallest absolute Gasteiger partial charge is 0.416 e. The predicted molar refractivity (Wildman–Crippen MR) is 132 cm³/mol. The molecule has 2 aliphatic rings. The summed E-state index contributed by atoms with van der Waals surface area (Å²) in [7, 11) is 0. The zero-order valence-corrected chi connectivity index (χ0v) is 21.2. The lowest BCUT2D eigenvalue weighted by Crippen LogP contribution is -2.45. The maximum atomic E-state index is 12.8. The molecule has 1 heterocycles. The van der Waals surface area contributed by atoms with Crippen LogP contribution >= 0.6 is 0 Å². The molecule has 1 aliphatic heterocycles. The number of ether oxygens (including phenoxy) is 2. The van der Waals surface area contributed by atoms with Gasteiger partial charge in [-0.15, -0.1) is 0 Å². The number of rotatable bonds is 9. The first kappa shape index (κ1) is 26.5. The van der Waals surface area contributed by atoms with Crippen LogP contribution in [0.1, 0.15) is 61.8 Å². The van der Waals surface area contributed by atoms with Gasteiger partial charge in [0.15, 0.2) is 5.60 Å². The lowest BCUT2D eigenvalue weighted by atomic mass is 10.0. The molecule has 36 heavy (non-hydrogen) atoms. The summed E-state index contributed by atoms with van der Waals surface area (Å²) in [5.41, 5.74) is 1.61. The minimum Gasteiger partial charge on any atom is -0.476 e. The molecule has 0 radical (unpaired) electrons.